The fourth-order valence-electron chi connectivity index (χ4n) is 3.43. The first kappa shape index (κ1) is 38.9. The van der Waals surface area contributed by atoms with Crippen LogP contribution < -0.4 is 74.6 Å². The number of unbranched alkanes of at least 4 members (excludes halogenated alkanes) is 10. The summed E-state index contributed by atoms with van der Waals surface area (Å²) < 4.78 is 5.22. The van der Waals surface area contributed by atoms with Crippen molar-refractivity contribution in [3.8, 4) is 0 Å². The van der Waals surface area contributed by atoms with Crippen LogP contribution in [0.2, 0.25) is 0 Å². The number of nitrogens with zero attached hydrogens (tertiary/aromatic N) is 1. The molecule has 0 atom stereocenters. The zero-order chi connectivity index (χ0) is 23.9. The fraction of sp³-hybridized carbons (Fsp3) is 0.875. The maximum Gasteiger partial charge on any atom is 1.00 e. The Morgan fingerprint density at radius 1 is 0.676 bits per heavy atom. The number of hydrogen-bond donors (Lipinski definition) is 1. The van der Waals surface area contributed by atoms with Crippen LogP contribution in [-0.2, 0) is 19.1 Å². The fourth-order valence-corrected chi connectivity index (χ4v) is 3.43. The molecular formula is C24H44N2Na2O6. The van der Waals surface area contributed by atoms with Crippen molar-refractivity contribution < 1.29 is 88.4 Å². The van der Waals surface area contributed by atoms with Crippen LogP contribution in [0.1, 0.15) is 96.8 Å². The van der Waals surface area contributed by atoms with E-state index in [1.54, 1.807) is 0 Å². The predicted molar refractivity (Wildman–Crippen MR) is 121 cm³/mol. The van der Waals surface area contributed by atoms with E-state index >= 15 is 0 Å². The van der Waals surface area contributed by atoms with Gasteiger partial charge in [0.1, 0.15) is 0 Å². The zero-order valence-electron chi connectivity index (χ0n) is 22.0. The van der Waals surface area contributed by atoms with Crippen molar-refractivity contribution in [2.24, 2.45) is 0 Å². The Hall–Kier alpha value is 0.330. The number of ether oxygens (including phenoxy) is 1. The molecule has 0 aliphatic heterocycles. The Bertz CT molecular complexity index is 498. The second kappa shape index (κ2) is 29.6. The topological polar surface area (TPSA) is 122 Å². The minimum Gasteiger partial charge on any atom is -0.550 e. The summed E-state index contributed by atoms with van der Waals surface area (Å²) in [6.45, 7) is 4.26. The molecule has 0 fully saturated rings. The normalized spacial score (nSPS) is 10.4. The van der Waals surface area contributed by atoms with Gasteiger partial charge in [-0.05, 0) is 12.8 Å². The SMILES string of the molecule is CCCCCCCCCCCCCC(=O)NCCN(CCOCCC(=O)[O-])CCC(=O)[O-].[Na+].[Na+]. The van der Waals surface area contributed by atoms with Gasteiger partial charge < -0.3 is 29.9 Å². The Kier molecular flexibility index (Phi) is 33.8. The molecular weight excluding hydrogens is 458 g/mol. The van der Waals surface area contributed by atoms with Gasteiger partial charge >= 0.3 is 59.1 Å². The molecule has 0 spiro atoms. The van der Waals surface area contributed by atoms with Gasteiger partial charge in [-0.2, -0.15) is 0 Å². The summed E-state index contributed by atoms with van der Waals surface area (Å²) >= 11 is 0. The van der Waals surface area contributed by atoms with E-state index in [-0.39, 0.29) is 91.1 Å². The molecule has 0 rings (SSSR count). The monoisotopic (exact) mass is 502 g/mol. The summed E-state index contributed by atoms with van der Waals surface area (Å²) in [5, 5.41) is 24.0. The second-order valence-electron chi connectivity index (χ2n) is 8.33. The molecule has 0 aliphatic carbocycles. The van der Waals surface area contributed by atoms with Gasteiger partial charge in [0.05, 0.1) is 13.2 Å². The van der Waals surface area contributed by atoms with E-state index in [0.717, 1.165) is 12.8 Å². The van der Waals surface area contributed by atoms with E-state index in [1.165, 1.54) is 57.8 Å². The third kappa shape index (κ3) is 30.4. The van der Waals surface area contributed by atoms with Gasteiger partial charge in [-0.3, -0.25) is 9.69 Å². The van der Waals surface area contributed by atoms with Gasteiger partial charge in [-0.25, -0.2) is 0 Å². The maximum absolute atomic E-state index is 12.0. The van der Waals surface area contributed by atoms with Crippen LogP contribution in [-0.4, -0.2) is 62.1 Å². The number of amides is 1. The van der Waals surface area contributed by atoms with Crippen molar-refractivity contribution in [1.29, 1.82) is 0 Å². The van der Waals surface area contributed by atoms with E-state index in [1.807, 2.05) is 4.90 Å². The Labute approximate surface area is 250 Å². The van der Waals surface area contributed by atoms with Crippen molar-refractivity contribution in [2.45, 2.75) is 96.8 Å². The molecule has 0 heterocycles. The summed E-state index contributed by atoms with van der Waals surface area (Å²) in [5.41, 5.74) is 0. The minimum atomic E-state index is -1.17. The molecule has 34 heavy (non-hydrogen) atoms. The van der Waals surface area contributed by atoms with Gasteiger partial charge in [-0.1, -0.05) is 71.1 Å². The molecule has 0 saturated heterocycles. The molecule has 188 valence electrons. The molecule has 0 unspecified atom stereocenters. The molecule has 0 bridgehead atoms. The maximum atomic E-state index is 12.0. The van der Waals surface area contributed by atoms with Crippen LogP contribution in [0.25, 0.3) is 0 Å². The number of carbonyl (C=O) groups excluding carboxylic acids is 3. The third-order valence-electron chi connectivity index (χ3n) is 5.39. The van der Waals surface area contributed by atoms with E-state index < -0.39 is 11.9 Å². The molecule has 10 heteroatoms. The van der Waals surface area contributed by atoms with Gasteiger partial charge in [-0.15, -0.1) is 0 Å². The first-order valence-corrected chi connectivity index (χ1v) is 12.4. The average Bonchev–Trinajstić information content (AvgIpc) is 2.74. The molecule has 0 aromatic heterocycles. The zero-order valence-corrected chi connectivity index (χ0v) is 26.0. The summed E-state index contributed by atoms with van der Waals surface area (Å²) in [6.07, 6.45) is 13.9. The number of aliphatic carboxylic acids is 2. The number of hydrogen-bond acceptors (Lipinski definition) is 7. The summed E-state index contributed by atoms with van der Waals surface area (Å²) in [4.78, 5) is 34.9. The number of carboxylic acid groups (broad SMARTS) is 2. The van der Waals surface area contributed by atoms with Crippen molar-refractivity contribution in [3.05, 3.63) is 0 Å². The number of rotatable bonds is 24. The second-order valence-corrected chi connectivity index (χ2v) is 8.33. The van der Waals surface area contributed by atoms with Crippen molar-refractivity contribution >= 4 is 17.8 Å². The van der Waals surface area contributed by atoms with E-state index in [2.05, 4.69) is 12.2 Å². The Balaban J connectivity index is -0.00000480. The standard InChI is InChI=1S/C24H46N2O6.2Na/c1-2-3-4-5-6-7-8-9-10-11-12-13-22(27)25-16-18-26(17-14-23(28)29)19-21-32-20-15-24(30)31;;/h2-21H2,1H3,(H,25,27)(H,28,29)(H,30,31);;/q;2*+1/p-2. The molecule has 1 amide bonds. The van der Waals surface area contributed by atoms with Crippen LogP contribution in [0.15, 0.2) is 0 Å². The van der Waals surface area contributed by atoms with Crippen LogP contribution in [0.4, 0.5) is 0 Å². The Morgan fingerprint density at radius 3 is 1.74 bits per heavy atom. The number of carboxylic acids is 2. The molecule has 0 saturated carbocycles. The van der Waals surface area contributed by atoms with E-state index in [0.29, 0.717) is 32.6 Å². The van der Waals surface area contributed by atoms with Gasteiger partial charge in [0, 0.05) is 51.0 Å². The quantitative estimate of drug-likeness (QED) is 0.104. The number of nitrogens with one attached hydrogen (secondary N) is 1. The van der Waals surface area contributed by atoms with Crippen LogP contribution >= 0.6 is 0 Å². The van der Waals surface area contributed by atoms with Crippen LogP contribution in [0, 0.1) is 0 Å². The molecule has 1 N–H and O–H groups in total. The molecule has 0 radical (unpaired) electrons. The van der Waals surface area contributed by atoms with Crippen molar-refractivity contribution in [3.63, 3.8) is 0 Å². The molecule has 0 aliphatic rings. The van der Waals surface area contributed by atoms with Gasteiger partial charge in [0.25, 0.3) is 0 Å². The van der Waals surface area contributed by atoms with Gasteiger partial charge in [0.15, 0.2) is 0 Å². The summed E-state index contributed by atoms with van der Waals surface area (Å²) in [6, 6.07) is 0. The van der Waals surface area contributed by atoms with Crippen LogP contribution in [0.3, 0.4) is 0 Å². The Morgan fingerprint density at radius 2 is 1.21 bits per heavy atom. The first-order chi connectivity index (χ1) is 15.5. The first-order valence-electron chi connectivity index (χ1n) is 12.4. The predicted octanol–water partition coefficient (Wildman–Crippen LogP) is -4.59. The van der Waals surface area contributed by atoms with Crippen molar-refractivity contribution in [2.75, 3.05) is 39.4 Å². The van der Waals surface area contributed by atoms with Crippen LogP contribution in [0.5, 0.6) is 0 Å². The molecule has 0 aromatic carbocycles. The number of carbonyl (C=O) groups is 3. The summed E-state index contributed by atoms with van der Waals surface area (Å²) in [5.74, 6) is -2.28. The average molecular weight is 503 g/mol. The largest absolute Gasteiger partial charge is 1.00 e. The smallest absolute Gasteiger partial charge is 0.550 e. The molecule has 8 nitrogen and oxygen atoms in total. The van der Waals surface area contributed by atoms with Crippen molar-refractivity contribution in [1.82, 2.24) is 10.2 Å². The minimum absolute atomic E-state index is 0. The summed E-state index contributed by atoms with van der Waals surface area (Å²) in [7, 11) is 0. The van der Waals surface area contributed by atoms with E-state index in [9.17, 15) is 24.6 Å². The molecule has 0 aromatic rings. The van der Waals surface area contributed by atoms with Gasteiger partial charge in [0.2, 0.25) is 5.91 Å². The van der Waals surface area contributed by atoms with E-state index in [4.69, 9.17) is 4.74 Å². The third-order valence-corrected chi connectivity index (χ3v) is 5.39.